The summed E-state index contributed by atoms with van der Waals surface area (Å²) >= 11 is 0. The van der Waals surface area contributed by atoms with Crippen LogP contribution in [0.4, 0.5) is 0 Å². The predicted molar refractivity (Wildman–Crippen MR) is 122 cm³/mol. The first-order valence-electron chi connectivity index (χ1n) is 12.6. The molecule has 0 bridgehead atoms. The van der Waals surface area contributed by atoms with Gasteiger partial charge in [0.2, 0.25) is 0 Å². The summed E-state index contributed by atoms with van der Waals surface area (Å²) in [6, 6.07) is 0. The van der Waals surface area contributed by atoms with Crippen molar-refractivity contribution in [3.63, 3.8) is 0 Å². The van der Waals surface area contributed by atoms with Gasteiger partial charge in [0.05, 0.1) is 12.2 Å². The van der Waals surface area contributed by atoms with E-state index >= 15 is 0 Å². The first kappa shape index (κ1) is 28.4. The van der Waals surface area contributed by atoms with Crippen LogP contribution in [0.3, 0.4) is 0 Å². The Morgan fingerprint density at radius 3 is 1.28 bits per heavy atom. The van der Waals surface area contributed by atoms with E-state index < -0.39 is 5.97 Å². The molecule has 0 aliphatic carbocycles. The standard InChI is InChI=1S/C25H50O4/c1-2-3-4-5-9-12-15-18-23(26)21-22-24(27)19-16-13-10-7-6-8-11-14-17-20-25(28)29/h23-24,26-27H,2-22H2,1H3,(H,28,29). The quantitative estimate of drug-likeness (QED) is 0.157. The summed E-state index contributed by atoms with van der Waals surface area (Å²) in [6.45, 7) is 2.24. The third kappa shape index (κ3) is 23.5. The Labute approximate surface area is 180 Å². The van der Waals surface area contributed by atoms with Crippen molar-refractivity contribution in [1.29, 1.82) is 0 Å². The second kappa shape index (κ2) is 22.1. The highest BCUT2D eigenvalue weighted by Crippen LogP contribution is 2.16. The third-order valence-corrected chi connectivity index (χ3v) is 5.90. The van der Waals surface area contributed by atoms with Crippen LogP contribution >= 0.6 is 0 Å². The highest BCUT2D eigenvalue weighted by molar-refractivity contribution is 5.66. The summed E-state index contributed by atoms with van der Waals surface area (Å²) in [5.74, 6) is -0.685. The van der Waals surface area contributed by atoms with Gasteiger partial charge in [-0.2, -0.15) is 0 Å². The fourth-order valence-corrected chi connectivity index (χ4v) is 3.90. The van der Waals surface area contributed by atoms with Crippen molar-refractivity contribution in [2.75, 3.05) is 0 Å². The predicted octanol–water partition coefficient (Wildman–Crippen LogP) is 7.00. The number of aliphatic hydroxyl groups excluding tert-OH is 2. The fraction of sp³-hybridized carbons (Fsp3) is 0.960. The summed E-state index contributed by atoms with van der Waals surface area (Å²) in [5, 5.41) is 28.8. The van der Waals surface area contributed by atoms with Crippen LogP contribution < -0.4 is 0 Å². The van der Waals surface area contributed by atoms with Crippen molar-refractivity contribution in [2.45, 2.75) is 154 Å². The number of hydrogen-bond acceptors (Lipinski definition) is 3. The molecule has 0 aromatic rings. The summed E-state index contributed by atoms with van der Waals surface area (Å²) < 4.78 is 0. The highest BCUT2D eigenvalue weighted by Gasteiger charge is 2.09. The van der Waals surface area contributed by atoms with Crippen molar-refractivity contribution >= 4 is 5.97 Å². The van der Waals surface area contributed by atoms with Crippen molar-refractivity contribution < 1.29 is 20.1 Å². The van der Waals surface area contributed by atoms with Gasteiger partial charge in [-0.1, -0.05) is 103 Å². The van der Waals surface area contributed by atoms with Gasteiger partial charge < -0.3 is 15.3 Å². The number of rotatable bonds is 23. The minimum Gasteiger partial charge on any atom is -0.481 e. The molecule has 0 radical (unpaired) electrons. The molecule has 0 spiro atoms. The SMILES string of the molecule is CCCCCCCCCC(O)CCC(O)CCCCCCCCCCCC(=O)O. The smallest absolute Gasteiger partial charge is 0.303 e. The molecule has 0 amide bonds. The molecule has 0 saturated heterocycles. The lowest BCUT2D eigenvalue weighted by Gasteiger charge is -2.14. The minimum absolute atomic E-state index is 0.240. The number of carboxylic acid groups (broad SMARTS) is 1. The number of hydrogen-bond donors (Lipinski definition) is 3. The van der Waals surface area contributed by atoms with E-state index in [1.54, 1.807) is 0 Å². The largest absolute Gasteiger partial charge is 0.481 e. The average molecular weight is 415 g/mol. The lowest BCUT2D eigenvalue weighted by atomic mass is 10.00. The third-order valence-electron chi connectivity index (χ3n) is 5.90. The number of carboxylic acids is 1. The van der Waals surface area contributed by atoms with Crippen LogP contribution in [0.2, 0.25) is 0 Å². The van der Waals surface area contributed by atoms with E-state index in [9.17, 15) is 15.0 Å². The molecular weight excluding hydrogens is 364 g/mol. The topological polar surface area (TPSA) is 77.8 Å². The monoisotopic (exact) mass is 414 g/mol. The maximum absolute atomic E-state index is 10.4. The lowest BCUT2D eigenvalue weighted by Crippen LogP contribution is -2.13. The molecule has 0 aromatic heterocycles. The Balaban J connectivity index is 3.30. The van der Waals surface area contributed by atoms with E-state index in [-0.39, 0.29) is 12.2 Å². The summed E-state index contributed by atoms with van der Waals surface area (Å²) in [5.41, 5.74) is 0. The van der Waals surface area contributed by atoms with E-state index in [1.807, 2.05) is 0 Å². The number of aliphatic carboxylic acids is 1. The van der Waals surface area contributed by atoms with Crippen LogP contribution in [-0.4, -0.2) is 33.5 Å². The maximum Gasteiger partial charge on any atom is 0.303 e. The Morgan fingerprint density at radius 2 is 0.897 bits per heavy atom. The van der Waals surface area contributed by atoms with Crippen molar-refractivity contribution in [3.8, 4) is 0 Å². The highest BCUT2D eigenvalue weighted by atomic mass is 16.4. The molecule has 4 nitrogen and oxygen atoms in total. The molecule has 0 heterocycles. The average Bonchev–Trinajstić information content (AvgIpc) is 2.69. The molecule has 4 heteroatoms. The molecule has 2 unspecified atom stereocenters. The number of carbonyl (C=O) groups is 1. The summed E-state index contributed by atoms with van der Waals surface area (Å²) in [7, 11) is 0. The van der Waals surface area contributed by atoms with Gasteiger partial charge in [0.25, 0.3) is 0 Å². The number of aliphatic hydroxyl groups is 2. The van der Waals surface area contributed by atoms with E-state index in [2.05, 4.69) is 6.92 Å². The molecule has 0 aliphatic rings. The zero-order chi connectivity index (χ0) is 21.6. The molecule has 0 rings (SSSR count). The molecule has 174 valence electrons. The summed E-state index contributed by atoms with van der Waals surface area (Å²) in [4.78, 5) is 10.4. The van der Waals surface area contributed by atoms with Gasteiger partial charge in [-0.05, 0) is 32.1 Å². The molecule has 0 fully saturated rings. The second-order valence-electron chi connectivity index (χ2n) is 8.91. The van der Waals surface area contributed by atoms with Gasteiger partial charge in [0.15, 0.2) is 0 Å². The van der Waals surface area contributed by atoms with E-state index in [1.165, 1.54) is 70.6 Å². The maximum atomic E-state index is 10.4. The van der Waals surface area contributed by atoms with Gasteiger partial charge >= 0.3 is 5.97 Å². The van der Waals surface area contributed by atoms with Crippen LogP contribution in [0.1, 0.15) is 142 Å². The normalized spacial score (nSPS) is 13.5. The fourth-order valence-electron chi connectivity index (χ4n) is 3.90. The Kier molecular flexibility index (Phi) is 21.6. The molecule has 0 aliphatic heterocycles. The van der Waals surface area contributed by atoms with Crippen LogP contribution in [0.5, 0.6) is 0 Å². The Bertz CT molecular complexity index is 346. The zero-order valence-corrected chi connectivity index (χ0v) is 19.3. The van der Waals surface area contributed by atoms with Crippen molar-refractivity contribution in [1.82, 2.24) is 0 Å². The first-order chi connectivity index (χ1) is 14.1. The van der Waals surface area contributed by atoms with Crippen LogP contribution in [0.15, 0.2) is 0 Å². The Hall–Kier alpha value is -0.610. The molecule has 0 saturated carbocycles. The second-order valence-corrected chi connectivity index (χ2v) is 8.91. The van der Waals surface area contributed by atoms with Crippen LogP contribution in [0, 0.1) is 0 Å². The Morgan fingerprint density at radius 1 is 0.552 bits per heavy atom. The minimum atomic E-state index is -0.685. The zero-order valence-electron chi connectivity index (χ0n) is 19.3. The van der Waals surface area contributed by atoms with Crippen LogP contribution in [0.25, 0.3) is 0 Å². The van der Waals surface area contributed by atoms with Gasteiger partial charge in [0, 0.05) is 6.42 Å². The van der Waals surface area contributed by atoms with Crippen molar-refractivity contribution in [2.24, 2.45) is 0 Å². The van der Waals surface area contributed by atoms with Gasteiger partial charge in [0.1, 0.15) is 0 Å². The molecule has 0 aromatic carbocycles. The van der Waals surface area contributed by atoms with E-state index in [0.29, 0.717) is 6.42 Å². The molecular formula is C25H50O4. The van der Waals surface area contributed by atoms with Gasteiger partial charge in [-0.15, -0.1) is 0 Å². The molecule has 3 N–H and O–H groups in total. The van der Waals surface area contributed by atoms with E-state index in [4.69, 9.17) is 5.11 Å². The number of unbranched alkanes of at least 4 members (excludes halogenated alkanes) is 14. The first-order valence-corrected chi connectivity index (χ1v) is 12.6. The van der Waals surface area contributed by atoms with Gasteiger partial charge in [-0.3, -0.25) is 4.79 Å². The van der Waals surface area contributed by atoms with Crippen LogP contribution in [-0.2, 0) is 4.79 Å². The molecule has 2 atom stereocenters. The summed E-state index contributed by atoms with van der Waals surface area (Å²) in [6.07, 6.45) is 22.1. The lowest BCUT2D eigenvalue weighted by molar-refractivity contribution is -0.137. The van der Waals surface area contributed by atoms with Crippen molar-refractivity contribution in [3.05, 3.63) is 0 Å². The molecule has 29 heavy (non-hydrogen) atoms. The van der Waals surface area contributed by atoms with Gasteiger partial charge in [-0.25, -0.2) is 0 Å². The van der Waals surface area contributed by atoms with E-state index in [0.717, 1.165) is 57.8 Å².